The first-order valence-electron chi connectivity index (χ1n) is 12.8. The van der Waals surface area contributed by atoms with E-state index in [1.165, 1.54) is 80.5 Å². The van der Waals surface area contributed by atoms with Gasteiger partial charge in [-0.05, 0) is 65.3 Å². The van der Waals surface area contributed by atoms with Crippen molar-refractivity contribution in [3.63, 3.8) is 0 Å². The van der Waals surface area contributed by atoms with Gasteiger partial charge in [0, 0.05) is 16.7 Å². The first kappa shape index (κ1) is 30.7. The number of hydrogen-bond acceptors (Lipinski definition) is 3. The Balaban J connectivity index is 4.47. The van der Waals surface area contributed by atoms with E-state index in [0.29, 0.717) is 0 Å². The third-order valence-electron chi connectivity index (χ3n) is 4.72. The fourth-order valence-corrected chi connectivity index (χ4v) is 7.90. The van der Waals surface area contributed by atoms with Gasteiger partial charge in [0.1, 0.15) is 0 Å². The van der Waals surface area contributed by atoms with Crippen LogP contribution in [-0.2, 0) is 13.3 Å². The van der Waals surface area contributed by atoms with Crippen molar-refractivity contribution in [2.24, 2.45) is 0 Å². The van der Waals surface area contributed by atoms with Crippen LogP contribution in [0.4, 0.5) is 0 Å². The second-order valence-corrected chi connectivity index (χ2v) is 26.3. The standard InChI is InChI=1S/C23H56O3Si4/c1-28(2,3)24-23(25-29(4,5)6,26-30(7,8)9)21-19-17-15-13-11-10-12-14-16-18-20-22-27/h10-22H2,1-9,27H3. The van der Waals surface area contributed by atoms with Gasteiger partial charge in [-0.25, -0.2) is 0 Å². The first-order valence-corrected chi connectivity index (χ1v) is 24.4. The number of rotatable bonds is 19. The zero-order valence-electron chi connectivity index (χ0n) is 22.4. The maximum atomic E-state index is 6.64. The normalized spacial score (nSPS) is 13.9. The summed E-state index contributed by atoms with van der Waals surface area (Å²) in [5.74, 6) is -0.819. The zero-order chi connectivity index (χ0) is 23.3. The minimum Gasteiger partial charge on any atom is -0.371 e. The lowest BCUT2D eigenvalue weighted by Crippen LogP contribution is -2.55. The van der Waals surface area contributed by atoms with Gasteiger partial charge in [-0.15, -0.1) is 0 Å². The van der Waals surface area contributed by atoms with Crippen molar-refractivity contribution in [1.82, 2.24) is 0 Å². The van der Waals surface area contributed by atoms with E-state index in [9.17, 15) is 0 Å². The number of unbranched alkanes of at least 4 members (excludes halogenated alkanes) is 10. The summed E-state index contributed by atoms with van der Waals surface area (Å²) in [7, 11) is -4.01. The summed E-state index contributed by atoms with van der Waals surface area (Å²) in [6.07, 6.45) is 16.0. The average molecular weight is 493 g/mol. The molecule has 0 saturated carbocycles. The largest absolute Gasteiger partial charge is 0.371 e. The lowest BCUT2D eigenvalue weighted by molar-refractivity contribution is -0.274. The molecule has 0 aromatic heterocycles. The van der Waals surface area contributed by atoms with E-state index in [-0.39, 0.29) is 0 Å². The third-order valence-corrected chi connectivity index (χ3v) is 8.20. The minimum absolute atomic E-state index is 0.819. The maximum absolute atomic E-state index is 6.64. The van der Waals surface area contributed by atoms with E-state index in [0.717, 1.165) is 12.8 Å². The van der Waals surface area contributed by atoms with E-state index in [1.54, 1.807) is 0 Å². The Morgan fingerprint density at radius 3 is 1.00 bits per heavy atom. The average Bonchev–Trinajstić information content (AvgIpc) is 2.50. The highest BCUT2D eigenvalue weighted by Crippen LogP contribution is 2.34. The molecule has 0 unspecified atom stereocenters. The Bertz CT molecular complexity index is 385. The van der Waals surface area contributed by atoms with E-state index in [4.69, 9.17) is 13.3 Å². The molecule has 182 valence electrons. The Hall–Kier alpha value is 0.748. The van der Waals surface area contributed by atoms with Crippen molar-refractivity contribution in [2.45, 2.75) is 148 Å². The van der Waals surface area contributed by atoms with Crippen LogP contribution in [0.15, 0.2) is 0 Å². The second kappa shape index (κ2) is 14.8. The molecule has 0 N–H and O–H groups in total. The van der Waals surface area contributed by atoms with Crippen LogP contribution in [0.25, 0.3) is 0 Å². The predicted octanol–water partition coefficient (Wildman–Crippen LogP) is 7.66. The van der Waals surface area contributed by atoms with Crippen LogP contribution in [0.2, 0.25) is 65.0 Å². The molecule has 0 aliphatic heterocycles. The van der Waals surface area contributed by atoms with E-state index in [2.05, 4.69) is 58.9 Å². The minimum atomic E-state index is -1.80. The fourth-order valence-electron chi connectivity index (χ4n) is 3.80. The van der Waals surface area contributed by atoms with Gasteiger partial charge in [0.25, 0.3) is 5.97 Å². The molecule has 0 radical (unpaired) electrons. The van der Waals surface area contributed by atoms with Crippen molar-refractivity contribution in [2.75, 3.05) is 0 Å². The van der Waals surface area contributed by atoms with Crippen molar-refractivity contribution >= 4 is 35.2 Å². The van der Waals surface area contributed by atoms with Crippen molar-refractivity contribution in [1.29, 1.82) is 0 Å². The summed E-state index contributed by atoms with van der Waals surface area (Å²) >= 11 is 0. The quantitative estimate of drug-likeness (QED) is 0.105. The molecule has 0 aliphatic rings. The SMILES string of the molecule is C[Si](C)(C)OC(CCCCCCCCCCCCC[SiH3])(O[Si](C)(C)C)O[Si](C)(C)C. The molecule has 3 nitrogen and oxygen atoms in total. The summed E-state index contributed by atoms with van der Waals surface area (Å²) in [4.78, 5) is 0. The Morgan fingerprint density at radius 2 is 0.733 bits per heavy atom. The zero-order valence-corrected chi connectivity index (χ0v) is 27.4. The summed E-state index contributed by atoms with van der Waals surface area (Å²) in [6.45, 7) is 20.2. The van der Waals surface area contributed by atoms with Gasteiger partial charge in [0.05, 0.1) is 0 Å². The van der Waals surface area contributed by atoms with Crippen molar-refractivity contribution in [3.8, 4) is 0 Å². The summed E-state index contributed by atoms with van der Waals surface area (Å²) in [6, 6.07) is 1.48. The van der Waals surface area contributed by atoms with Crippen LogP contribution >= 0.6 is 0 Å². The van der Waals surface area contributed by atoms with E-state index < -0.39 is 30.9 Å². The van der Waals surface area contributed by atoms with Gasteiger partial charge in [0.15, 0.2) is 25.0 Å². The predicted molar refractivity (Wildman–Crippen MR) is 146 cm³/mol. The maximum Gasteiger partial charge on any atom is 0.254 e. The molecule has 0 aromatic carbocycles. The Labute approximate surface area is 196 Å². The topological polar surface area (TPSA) is 27.7 Å². The molecular formula is C23H56O3Si4. The molecule has 0 atom stereocenters. The van der Waals surface area contributed by atoms with E-state index >= 15 is 0 Å². The van der Waals surface area contributed by atoms with Gasteiger partial charge < -0.3 is 13.3 Å². The smallest absolute Gasteiger partial charge is 0.254 e. The van der Waals surface area contributed by atoms with Crippen LogP contribution in [0.5, 0.6) is 0 Å². The van der Waals surface area contributed by atoms with Crippen molar-refractivity contribution in [3.05, 3.63) is 0 Å². The lowest BCUT2D eigenvalue weighted by atomic mass is 10.1. The second-order valence-electron chi connectivity index (χ2n) is 12.0. The highest BCUT2D eigenvalue weighted by atomic mass is 28.4. The molecule has 7 heteroatoms. The summed E-state index contributed by atoms with van der Waals surface area (Å²) in [5.41, 5.74) is 0. The fraction of sp³-hybridized carbons (Fsp3) is 1.00. The molecule has 30 heavy (non-hydrogen) atoms. The van der Waals surface area contributed by atoms with Crippen LogP contribution < -0.4 is 0 Å². The monoisotopic (exact) mass is 492 g/mol. The molecular weight excluding hydrogens is 437 g/mol. The molecule has 0 saturated heterocycles. The van der Waals surface area contributed by atoms with Gasteiger partial charge in [0.2, 0.25) is 0 Å². The molecule has 0 heterocycles. The summed E-state index contributed by atoms with van der Waals surface area (Å²) in [5, 5.41) is 0. The molecule has 0 aliphatic carbocycles. The highest BCUT2D eigenvalue weighted by Gasteiger charge is 2.44. The van der Waals surface area contributed by atoms with Gasteiger partial charge in [-0.2, -0.15) is 0 Å². The Kier molecular flexibility index (Phi) is 15.2. The van der Waals surface area contributed by atoms with Gasteiger partial charge >= 0.3 is 0 Å². The Morgan fingerprint density at radius 1 is 0.467 bits per heavy atom. The van der Waals surface area contributed by atoms with Gasteiger partial charge in [-0.3, -0.25) is 0 Å². The molecule has 0 bridgehead atoms. The molecule has 0 fully saturated rings. The first-order chi connectivity index (χ1) is 13.7. The lowest BCUT2D eigenvalue weighted by Gasteiger charge is -2.45. The van der Waals surface area contributed by atoms with Gasteiger partial charge in [-0.1, -0.05) is 70.3 Å². The van der Waals surface area contributed by atoms with Crippen LogP contribution in [-0.4, -0.2) is 41.2 Å². The van der Waals surface area contributed by atoms with E-state index in [1.807, 2.05) is 0 Å². The molecule has 0 aromatic rings. The van der Waals surface area contributed by atoms with Crippen LogP contribution in [0, 0.1) is 0 Å². The molecule has 0 spiro atoms. The molecule has 0 amide bonds. The summed E-state index contributed by atoms with van der Waals surface area (Å²) < 4.78 is 19.9. The third kappa shape index (κ3) is 19.4. The van der Waals surface area contributed by atoms with Crippen molar-refractivity contribution < 1.29 is 13.3 Å². The highest BCUT2D eigenvalue weighted by molar-refractivity contribution is 6.72. The van der Waals surface area contributed by atoms with Crippen LogP contribution in [0.1, 0.15) is 77.0 Å². The van der Waals surface area contributed by atoms with Crippen LogP contribution in [0.3, 0.4) is 0 Å². The molecule has 0 rings (SSSR count). The number of hydrogen-bond donors (Lipinski definition) is 0.